The van der Waals surface area contributed by atoms with Crippen LogP contribution in [0.1, 0.15) is 24.8 Å². The van der Waals surface area contributed by atoms with Gasteiger partial charge in [0.05, 0.1) is 7.11 Å². The molecule has 0 saturated carbocycles. The molecule has 168 valence electrons. The van der Waals surface area contributed by atoms with Gasteiger partial charge in [0, 0.05) is 42.8 Å². The van der Waals surface area contributed by atoms with Crippen LogP contribution < -0.4 is 0 Å². The number of methoxy groups -OCH3 is 1. The molecule has 2 aromatic rings. The number of likely N-dealkylation sites (N-methyl/N-ethyl adjacent to an activating group) is 1. The van der Waals surface area contributed by atoms with Crippen molar-refractivity contribution in [2.45, 2.75) is 25.8 Å². The Labute approximate surface area is 192 Å². The number of hydrogen-bond donors (Lipinski definition) is 0. The molecule has 4 rings (SSSR count). The molecule has 2 fully saturated rings. The third kappa shape index (κ3) is 4.12. The fraction of sp³-hybridized carbons (Fsp3) is 0.391. The van der Waals surface area contributed by atoms with Crippen LogP contribution >= 0.6 is 12.2 Å². The highest BCUT2D eigenvalue weighted by Crippen LogP contribution is 2.28. The van der Waals surface area contributed by atoms with Crippen LogP contribution in [-0.4, -0.2) is 76.0 Å². The van der Waals surface area contributed by atoms with Crippen molar-refractivity contribution in [3.63, 3.8) is 0 Å². The summed E-state index contributed by atoms with van der Waals surface area (Å²) in [5, 5.41) is 1.16. The molecule has 0 bridgehead atoms. The summed E-state index contributed by atoms with van der Waals surface area (Å²) in [5.41, 5.74) is 1.99. The van der Waals surface area contributed by atoms with E-state index < -0.39 is 5.97 Å². The third-order valence-corrected chi connectivity index (χ3v) is 6.47. The Kier molecular flexibility index (Phi) is 6.27. The Morgan fingerprint density at radius 1 is 1.12 bits per heavy atom. The van der Waals surface area contributed by atoms with Crippen LogP contribution in [0, 0.1) is 0 Å². The van der Waals surface area contributed by atoms with Crippen molar-refractivity contribution >= 4 is 52.1 Å². The highest BCUT2D eigenvalue weighted by Gasteiger charge is 2.37. The lowest BCUT2D eigenvalue weighted by Crippen LogP contribution is -2.37. The molecule has 0 radical (unpaired) electrons. The van der Waals surface area contributed by atoms with E-state index in [0.29, 0.717) is 5.70 Å². The summed E-state index contributed by atoms with van der Waals surface area (Å²) >= 11 is 5.36. The molecule has 0 spiro atoms. The molecule has 8 nitrogen and oxygen atoms in total. The lowest BCUT2D eigenvalue weighted by atomic mass is 10.1. The van der Waals surface area contributed by atoms with Crippen molar-refractivity contribution in [1.82, 2.24) is 19.3 Å². The van der Waals surface area contributed by atoms with Crippen LogP contribution in [0.5, 0.6) is 0 Å². The predicted molar refractivity (Wildman–Crippen MR) is 124 cm³/mol. The summed E-state index contributed by atoms with van der Waals surface area (Å²) in [5.74, 6) is -0.689. The number of thiocarbonyl (C=S) groups is 1. The van der Waals surface area contributed by atoms with Gasteiger partial charge < -0.3 is 19.1 Å². The number of piperidine rings is 1. The smallest absolute Gasteiger partial charge is 0.325 e. The van der Waals surface area contributed by atoms with Crippen LogP contribution in [0.25, 0.3) is 17.0 Å². The summed E-state index contributed by atoms with van der Waals surface area (Å²) in [6, 6.07) is 7.75. The van der Waals surface area contributed by atoms with Crippen molar-refractivity contribution in [3.05, 3.63) is 41.7 Å². The Balaban J connectivity index is 1.70. The molecular formula is C23H26N4O4S. The van der Waals surface area contributed by atoms with E-state index in [9.17, 15) is 14.4 Å². The number of esters is 1. The van der Waals surface area contributed by atoms with Gasteiger partial charge in [-0.1, -0.05) is 18.2 Å². The second kappa shape index (κ2) is 9.12. The lowest BCUT2D eigenvalue weighted by molar-refractivity contribution is -0.140. The van der Waals surface area contributed by atoms with Crippen LogP contribution in [0.4, 0.5) is 0 Å². The van der Waals surface area contributed by atoms with E-state index in [-0.39, 0.29) is 30.0 Å². The maximum atomic E-state index is 12.9. The second-order valence-electron chi connectivity index (χ2n) is 8.01. The number of rotatable bonds is 5. The van der Waals surface area contributed by atoms with Crippen LogP contribution in [-0.2, 0) is 25.7 Å². The fourth-order valence-corrected chi connectivity index (χ4v) is 4.45. The monoisotopic (exact) mass is 454 g/mol. The number of amides is 2. The number of likely N-dealkylation sites (tertiary alicyclic amines) is 1. The van der Waals surface area contributed by atoms with Crippen molar-refractivity contribution in [1.29, 1.82) is 0 Å². The van der Waals surface area contributed by atoms with Gasteiger partial charge in [-0.15, -0.1) is 0 Å². The van der Waals surface area contributed by atoms with Gasteiger partial charge in [-0.05, 0) is 43.6 Å². The minimum atomic E-state index is -0.490. The number of nitrogens with zero attached hydrogens (tertiary/aromatic N) is 4. The normalized spacial score (nSPS) is 18.2. The molecule has 2 aliphatic heterocycles. The average molecular weight is 455 g/mol. The molecule has 9 heteroatoms. The summed E-state index contributed by atoms with van der Waals surface area (Å²) in [6.45, 7) is 1.69. The predicted octanol–water partition coefficient (Wildman–Crippen LogP) is 2.23. The summed E-state index contributed by atoms with van der Waals surface area (Å²) < 4.78 is 6.68. The van der Waals surface area contributed by atoms with Gasteiger partial charge in [0.1, 0.15) is 18.8 Å². The van der Waals surface area contributed by atoms with Gasteiger partial charge in [-0.3, -0.25) is 19.3 Å². The van der Waals surface area contributed by atoms with Crippen molar-refractivity contribution in [2.24, 2.45) is 0 Å². The maximum Gasteiger partial charge on any atom is 0.325 e. The van der Waals surface area contributed by atoms with Crippen molar-refractivity contribution in [2.75, 3.05) is 33.8 Å². The van der Waals surface area contributed by atoms with Gasteiger partial charge in [-0.2, -0.15) is 0 Å². The third-order valence-electron chi connectivity index (χ3n) is 5.97. The Morgan fingerprint density at radius 2 is 1.84 bits per heavy atom. The molecule has 0 aliphatic carbocycles. The van der Waals surface area contributed by atoms with Gasteiger partial charge in [0.25, 0.3) is 5.91 Å². The van der Waals surface area contributed by atoms with E-state index in [1.165, 1.54) is 23.3 Å². The Bertz CT molecular complexity index is 1120. The molecule has 0 atom stereocenters. The highest BCUT2D eigenvalue weighted by atomic mass is 32.1. The van der Waals surface area contributed by atoms with Crippen molar-refractivity contribution < 1.29 is 19.1 Å². The first-order chi connectivity index (χ1) is 15.4. The number of carbonyl (C=O) groups excluding carboxylic acids is 3. The van der Waals surface area contributed by atoms with Gasteiger partial charge in [-0.25, -0.2) is 0 Å². The molecule has 2 amide bonds. The van der Waals surface area contributed by atoms with Gasteiger partial charge in [0.15, 0.2) is 5.11 Å². The minimum Gasteiger partial charge on any atom is -0.468 e. The molecule has 0 N–H and O–H groups in total. The number of benzene rings is 1. The largest absolute Gasteiger partial charge is 0.468 e. The first-order valence-electron chi connectivity index (χ1n) is 10.6. The molecule has 1 aromatic heterocycles. The summed E-state index contributed by atoms with van der Waals surface area (Å²) in [6.07, 6.45) is 6.86. The molecule has 0 unspecified atom stereocenters. The maximum absolute atomic E-state index is 12.9. The van der Waals surface area contributed by atoms with Crippen molar-refractivity contribution in [3.8, 4) is 0 Å². The summed E-state index contributed by atoms with van der Waals surface area (Å²) in [7, 11) is 2.87. The minimum absolute atomic E-state index is 0.0924. The van der Waals surface area contributed by atoms with E-state index >= 15 is 0 Å². The lowest BCUT2D eigenvalue weighted by Gasteiger charge is -2.27. The number of aromatic nitrogens is 1. The number of carbonyl (C=O) groups is 3. The van der Waals surface area contributed by atoms with Crippen LogP contribution in [0.3, 0.4) is 0 Å². The molecule has 32 heavy (non-hydrogen) atoms. The quantitative estimate of drug-likeness (QED) is 0.392. The number of ether oxygens (including phenoxy) is 1. The second-order valence-corrected chi connectivity index (χ2v) is 8.37. The Morgan fingerprint density at radius 3 is 2.56 bits per heavy atom. The Hall–Kier alpha value is -3.20. The van der Waals surface area contributed by atoms with E-state index in [1.807, 2.05) is 39.9 Å². The van der Waals surface area contributed by atoms with E-state index in [0.717, 1.165) is 42.4 Å². The zero-order chi connectivity index (χ0) is 22.8. The first kappa shape index (κ1) is 22.0. The zero-order valence-corrected chi connectivity index (χ0v) is 19.1. The highest BCUT2D eigenvalue weighted by molar-refractivity contribution is 7.80. The first-order valence-corrected chi connectivity index (χ1v) is 11.0. The standard InChI is InChI=1S/C23H26N4O4S/c1-24-22(30)19(27(23(24)32)15-21(29)31-2)12-16-13-26(18-9-5-4-8-17(16)18)14-20(28)25-10-6-3-7-11-25/h4-5,8-9,12-13H,3,6-7,10-11,14-15H2,1-2H3/b19-12-. The molecule has 1 aromatic carbocycles. The van der Waals surface area contributed by atoms with E-state index in [4.69, 9.17) is 17.0 Å². The fourth-order valence-electron chi connectivity index (χ4n) is 4.20. The number of fused-ring (bicyclic) bond motifs is 1. The molecule has 2 saturated heterocycles. The average Bonchev–Trinajstić information content (AvgIpc) is 3.25. The molecular weight excluding hydrogens is 428 g/mol. The SMILES string of the molecule is COC(=O)CN1C(=S)N(C)C(=O)/C1=C/c1cn(CC(=O)N2CCCCC2)c2ccccc12. The number of hydrogen-bond acceptors (Lipinski definition) is 5. The van der Waals surface area contributed by atoms with Crippen LogP contribution in [0.2, 0.25) is 0 Å². The molecule has 3 heterocycles. The van der Waals surface area contributed by atoms with E-state index in [1.54, 1.807) is 13.1 Å². The molecule has 2 aliphatic rings. The van der Waals surface area contributed by atoms with Gasteiger partial charge >= 0.3 is 5.97 Å². The van der Waals surface area contributed by atoms with E-state index in [2.05, 4.69) is 0 Å². The topological polar surface area (TPSA) is 75.1 Å². The van der Waals surface area contributed by atoms with Gasteiger partial charge in [0.2, 0.25) is 5.91 Å². The zero-order valence-electron chi connectivity index (χ0n) is 18.2. The number of para-hydroxylation sites is 1. The summed E-state index contributed by atoms with van der Waals surface area (Å²) in [4.78, 5) is 42.3. The van der Waals surface area contributed by atoms with Crippen LogP contribution in [0.15, 0.2) is 36.2 Å².